The molecule has 310 valence electrons. The summed E-state index contributed by atoms with van der Waals surface area (Å²) < 4.78 is 15.1. The number of amides is 2. The summed E-state index contributed by atoms with van der Waals surface area (Å²) in [6, 6.07) is 20.1. The summed E-state index contributed by atoms with van der Waals surface area (Å²) in [4.78, 5) is 31.2. The third-order valence-electron chi connectivity index (χ3n) is 15.4. The maximum atomic E-state index is 15.1. The van der Waals surface area contributed by atoms with Crippen LogP contribution in [0.3, 0.4) is 0 Å². The number of hydrogen-bond acceptors (Lipinski definition) is 4. The lowest BCUT2D eigenvalue weighted by Crippen LogP contribution is -2.59. The number of carbonyl (C=O) groups is 2. The second-order valence-corrected chi connectivity index (χ2v) is 20.0. The normalized spacial score (nSPS) is 32.3. The highest BCUT2D eigenvalue weighted by Crippen LogP contribution is 2.62. The van der Waals surface area contributed by atoms with Gasteiger partial charge in [-0.2, -0.15) is 0 Å². The molecule has 6 bridgehead atoms. The zero-order valence-corrected chi connectivity index (χ0v) is 35.4. The van der Waals surface area contributed by atoms with Crippen molar-refractivity contribution in [2.75, 3.05) is 13.1 Å². The number of nitrogens with one attached hydrogen (secondary N) is 1. The van der Waals surface area contributed by atoms with Crippen LogP contribution in [0.2, 0.25) is 5.02 Å². The Morgan fingerprint density at radius 1 is 0.948 bits per heavy atom. The van der Waals surface area contributed by atoms with Crippen LogP contribution in [-0.2, 0) is 12.8 Å². The van der Waals surface area contributed by atoms with Crippen LogP contribution in [-0.4, -0.2) is 51.7 Å². The first kappa shape index (κ1) is 41.2. The first-order valence-electron chi connectivity index (χ1n) is 22.0. The van der Waals surface area contributed by atoms with Crippen molar-refractivity contribution in [1.82, 2.24) is 10.2 Å². The van der Waals surface area contributed by atoms with Gasteiger partial charge in [0.25, 0.3) is 0 Å². The molecular weight excluding hydrogens is 747 g/mol. The van der Waals surface area contributed by atoms with Crippen LogP contribution >= 0.6 is 11.6 Å². The van der Waals surface area contributed by atoms with Crippen molar-refractivity contribution in [3.8, 4) is 0 Å². The Balaban J connectivity index is 1.17. The SMILES string of the molecule is CC1=CCC[C@@]2(C)[C@@H](CC[C@@]2(O)CN(CC23CC4CC(CC(C4)C2)C3)C(=O)N[C@H](C)c2ccccc2)c2ccc(cc2C(=O)Cc2c(F)cccc2Cl)C[C@@H](O)CC1. The fourth-order valence-corrected chi connectivity index (χ4v) is 12.9. The number of rotatable bonds is 9. The number of carbonyl (C=O) groups excluding carboxylic acids is 2. The number of fused-ring (bicyclic) bond motifs is 8. The Kier molecular flexibility index (Phi) is 11.7. The number of aliphatic hydroxyl groups excluding tert-OH is 1. The minimum atomic E-state index is -1.25. The summed E-state index contributed by atoms with van der Waals surface area (Å²) in [6.45, 7) is 7.15. The predicted octanol–water partition coefficient (Wildman–Crippen LogP) is 10.9. The molecule has 2 amide bonds. The molecule has 0 unspecified atom stereocenters. The molecule has 5 saturated carbocycles. The Morgan fingerprint density at radius 2 is 1.66 bits per heavy atom. The molecule has 7 aliphatic rings. The Bertz CT molecular complexity index is 1980. The standard InChI is InChI=1S/C50H62ClFN2O4/c1-32-9-8-19-48(3)43(40-17-15-34(24-39(55)16-14-32)25-41(40)46(56)26-42-44(51)12-7-13-45(42)52)18-20-50(48,58)31-54(47(57)53-33(2)38-10-5-4-6-11-38)30-49-27-35-21-36(28-49)23-37(22-35)29-49/h4-7,9-13,15,17,25,33,35-37,39,43,55,58H,8,14,16,18-24,26-31H2,1-3H3,(H,53,57)/t33-,35?,36?,37?,39+,43+,48+,49?,50-/m1/s1. The molecule has 0 spiro atoms. The van der Waals surface area contributed by atoms with E-state index in [1.165, 1.54) is 30.9 Å². The topological polar surface area (TPSA) is 89.9 Å². The first-order valence-corrected chi connectivity index (χ1v) is 22.4. The molecule has 0 aromatic heterocycles. The first-order chi connectivity index (χ1) is 27.7. The van der Waals surface area contributed by atoms with Gasteiger partial charge in [0.15, 0.2) is 5.78 Å². The van der Waals surface area contributed by atoms with E-state index in [1.54, 1.807) is 12.1 Å². The van der Waals surface area contributed by atoms with Crippen molar-refractivity contribution in [2.24, 2.45) is 28.6 Å². The van der Waals surface area contributed by atoms with Gasteiger partial charge in [0.1, 0.15) is 5.82 Å². The second kappa shape index (κ2) is 16.5. The molecular formula is C50H62ClFN2O4. The molecule has 0 saturated heterocycles. The van der Waals surface area contributed by atoms with E-state index >= 15 is 4.39 Å². The zero-order valence-electron chi connectivity index (χ0n) is 34.6. The smallest absolute Gasteiger partial charge is 0.317 e. The summed E-state index contributed by atoms with van der Waals surface area (Å²) in [5.41, 5.74) is 2.68. The van der Waals surface area contributed by atoms with E-state index in [0.717, 1.165) is 66.5 Å². The van der Waals surface area contributed by atoms with Gasteiger partial charge in [-0.3, -0.25) is 4.79 Å². The van der Waals surface area contributed by atoms with E-state index in [4.69, 9.17) is 11.6 Å². The van der Waals surface area contributed by atoms with E-state index in [2.05, 4.69) is 25.2 Å². The molecule has 0 radical (unpaired) electrons. The van der Waals surface area contributed by atoms with E-state index in [1.807, 2.05) is 60.4 Å². The number of hydrogen-bond donors (Lipinski definition) is 3. The maximum Gasteiger partial charge on any atom is 0.317 e. The second-order valence-electron chi connectivity index (χ2n) is 19.6. The van der Waals surface area contributed by atoms with Gasteiger partial charge in [0, 0.05) is 34.5 Å². The molecule has 5 fully saturated rings. The largest absolute Gasteiger partial charge is 0.393 e. The number of aliphatic hydroxyl groups is 2. The fourth-order valence-electron chi connectivity index (χ4n) is 12.7. The fraction of sp³-hybridized carbons (Fsp3) is 0.560. The van der Waals surface area contributed by atoms with E-state index in [-0.39, 0.29) is 52.7 Å². The number of halogens is 2. The Hall–Kier alpha value is -3.52. The van der Waals surface area contributed by atoms with Gasteiger partial charge < -0.3 is 20.4 Å². The van der Waals surface area contributed by atoms with E-state index in [9.17, 15) is 19.8 Å². The highest BCUT2D eigenvalue weighted by atomic mass is 35.5. The molecule has 10 rings (SSSR count). The van der Waals surface area contributed by atoms with Crippen molar-refractivity contribution in [3.05, 3.63) is 117 Å². The van der Waals surface area contributed by atoms with Crippen molar-refractivity contribution in [3.63, 3.8) is 0 Å². The van der Waals surface area contributed by atoms with Crippen molar-refractivity contribution in [2.45, 2.75) is 134 Å². The molecule has 3 aromatic rings. The van der Waals surface area contributed by atoms with E-state index in [0.29, 0.717) is 44.2 Å². The lowest BCUT2D eigenvalue weighted by Gasteiger charge is -2.58. The number of benzene rings is 3. The monoisotopic (exact) mass is 808 g/mol. The van der Waals surface area contributed by atoms with Gasteiger partial charge in [-0.1, -0.05) is 78.7 Å². The number of allylic oxidation sites excluding steroid dienone is 2. The predicted molar refractivity (Wildman–Crippen MR) is 228 cm³/mol. The molecule has 5 atom stereocenters. The molecule has 3 N–H and O–H groups in total. The average Bonchev–Trinajstić information content (AvgIpc) is 3.43. The summed E-state index contributed by atoms with van der Waals surface area (Å²) in [5.74, 6) is 1.21. The lowest BCUT2D eigenvalue weighted by atomic mass is 9.49. The summed E-state index contributed by atoms with van der Waals surface area (Å²) >= 11 is 6.46. The van der Waals surface area contributed by atoms with E-state index < -0.39 is 22.9 Å². The number of ketones is 1. The van der Waals surface area contributed by atoms with Crippen LogP contribution in [0, 0.1) is 34.4 Å². The van der Waals surface area contributed by atoms with Crippen molar-refractivity contribution < 1.29 is 24.2 Å². The summed E-state index contributed by atoms with van der Waals surface area (Å²) in [6.07, 6.45) is 13.1. The summed E-state index contributed by atoms with van der Waals surface area (Å²) in [5, 5.41) is 28.0. The molecule has 8 heteroatoms. The van der Waals surface area contributed by atoms with Gasteiger partial charge in [-0.25, -0.2) is 9.18 Å². The van der Waals surface area contributed by atoms with Crippen LogP contribution in [0.25, 0.3) is 0 Å². The molecule has 3 aromatic carbocycles. The molecule has 7 aliphatic carbocycles. The van der Waals surface area contributed by atoms with Crippen molar-refractivity contribution in [1.29, 1.82) is 0 Å². The molecule has 58 heavy (non-hydrogen) atoms. The maximum absolute atomic E-state index is 15.1. The van der Waals surface area contributed by atoms with Crippen molar-refractivity contribution >= 4 is 23.4 Å². The van der Waals surface area contributed by atoms with Crippen LogP contribution in [0.15, 0.2) is 78.4 Å². The number of urea groups is 1. The molecule has 0 aliphatic heterocycles. The lowest BCUT2D eigenvalue weighted by molar-refractivity contribution is -0.0985. The van der Waals surface area contributed by atoms with Crippen LogP contribution in [0.4, 0.5) is 9.18 Å². The van der Waals surface area contributed by atoms with Gasteiger partial charge in [-0.05, 0) is 161 Å². The van der Waals surface area contributed by atoms with Gasteiger partial charge in [0.05, 0.1) is 24.3 Å². The molecule has 6 nitrogen and oxygen atoms in total. The summed E-state index contributed by atoms with van der Waals surface area (Å²) in [7, 11) is 0. The minimum Gasteiger partial charge on any atom is -0.393 e. The zero-order chi connectivity index (χ0) is 40.8. The average molecular weight is 810 g/mol. The highest BCUT2D eigenvalue weighted by molar-refractivity contribution is 6.31. The highest BCUT2D eigenvalue weighted by Gasteiger charge is 2.59. The van der Waals surface area contributed by atoms with Crippen LogP contribution in [0.1, 0.15) is 142 Å². The van der Waals surface area contributed by atoms with Crippen LogP contribution in [0.5, 0.6) is 0 Å². The van der Waals surface area contributed by atoms with Gasteiger partial charge in [0.2, 0.25) is 0 Å². The van der Waals surface area contributed by atoms with Gasteiger partial charge >= 0.3 is 6.03 Å². The number of nitrogens with zero attached hydrogens (tertiary/aromatic N) is 1. The third kappa shape index (κ3) is 8.30. The Labute approximate surface area is 349 Å². The van der Waals surface area contributed by atoms with Crippen LogP contribution < -0.4 is 5.32 Å². The third-order valence-corrected chi connectivity index (χ3v) is 15.8. The van der Waals surface area contributed by atoms with Gasteiger partial charge in [-0.15, -0.1) is 0 Å². The number of Topliss-reactive ketones (excluding diaryl/α,β-unsaturated/α-hetero) is 1. The molecule has 0 heterocycles. The Morgan fingerprint density at radius 3 is 2.34 bits per heavy atom. The minimum absolute atomic E-state index is 0.0639. The quantitative estimate of drug-likeness (QED) is 0.148.